The van der Waals surface area contributed by atoms with Crippen LogP contribution < -0.4 is 20.1 Å². The van der Waals surface area contributed by atoms with E-state index in [0.29, 0.717) is 29.6 Å². The molecule has 148 valence electrons. The second-order valence-corrected chi connectivity index (χ2v) is 6.27. The number of rotatable bonds is 9. The topological polar surface area (TPSA) is 76.7 Å². The van der Waals surface area contributed by atoms with Gasteiger partial charge in [-0.25, -0.2) is 0 Å². The van der Waals surface area contributed by atoms with Crippen LogP contribution in [0.25, 0.3) is 6.08 Å². The summed E-state index contributed by atoms with van der Waals surface area (Å²) in [5, 5.41) is 6.11. The molecular formula is C21H23ClN2O4. The van der Waals surface area contributed by atoms with Crippen LogP contribution in [0, 0.1) is 0 Å². The Balaban J connectivity index is 1.90. The minimum absolute atomic E-state index is 0.0875. The fraction of sp³-hybridized carbons (Fsp3) is 0.238. The zero-order valence-electron chi connectivity index (χ0n) is 15.8. The lowest BCUT2D eigenvalue weighted by Gasteiger charge is -2.12. The van der Waals surface area contributed by atoms with Gasteiger partial charge in [-0.3, -0.25) is 9.59 Å². The first-order valence-electron chi connectivity index (χ1n) is 8.79. The molecule has 6 nitrogen and oxygen atoms in total. The van der Waals surface area contributed by atoms with Gasteiger partial charge in [-0.05, 0) is 48.4 Å². The zero-order valence-corrected chi connectivity index (χ0v) is 16.6. The Bertz CT molecular complexity index is 835. The van der Waals surface area contributed by atoms with Crippen LogP contribution in [0.3, 0.4) is 0 Å². The summed E-state index contributed by atoms with van der Waals surface area (Å²) in [6, 6.07) is 12.5. The Morgan fingerprint density at radius 1 is 1.07 bits per heavy atom. The van der Waals surface area contributed by atoms with Crippen molar-refractivity contribution >= 4 is 29.5 Å². The number of benzene rings is 2. The highest BCUT2D eigenvalue weighted by atomic mass is 35.5. The number of nitrogens with one attached hydrogen (secondary N) is 2. The van der Waals surface area contributed by atoms with Crippen molar-refractivity contribution < 1.29 is 19.1 Å². The standard InChI is InChI=1S/C21H23ClN2O4/c1-3-23-21(26)14-28-18-10-6-16(12-19(18)27-2)13-24-20(25)11-7-15-4-8-17(22)9-5-15/h4-12H,3,13-14H2,1-2H3,(H,23,26)(H,24,25)/b11-7+. The molecule has 2 amide bonds. The number of carbonyl (C=O) groups is 2. The third-order valence-electron chi connectivity index (χ3n) is 3.72. The Morgan fingerprint density at radius 2 is 1.82 bits per heavy atom. The molecule has 0 aliphatic rings. The number of hydrogen-bond acceptors (Lipinski definition) is 4. The highest BCUT2D eigenvalue weighted by Gasteiger charge is 2.08. The number of hydrogen-bond donors (Lipinski definition) is 2. The molecule has 0 aromatic heterocycles. The van der Waals surface area contributed by atoms with Crippen LogP contribution in [0.2, 0.25) is 5.02 Å². The first-order valence-corrected chi connectivity index (χ1v) is 9.17. The highest BCUT2D eigenvalue weighted by molar-refractivity contribution is 6.30. The van der Waals surface area contributed by atoms with Crippen LogP contribution in [0.15, 0.2) is 48.5 Å². The van der Waals surface area contributed by atoms with Crippen molar-refractivity contribution in [1.29, 1.82) is 0 Å². The minimum Gasteiger partial charge on any atom is -0.493 e. The quantitative estimate of drug-likeness (QED) is 0.631. The van der Waals surface area contributed by atoms with Crippen molar-refractivity contribution in [2.24, 2.45) is 0 Å². The molecule has 0 saturated heterocycles. The van der Waals surface area contributed by atoms with Crippen molar-refractivity contribution in [1.82, 2.24) is 10.6 Å². The molecule has 0 spiro atoms. The lowest BCUT2D eigenvalue weighted by Crippen LogP contribution is -2.28. The SMILES string of the molecule is CCNC(=O)COc1ccc(CNC(=O)/C=C/c2ccc(Cl)cc2)cc1OC. The van der Waals surface area contributed by atoms with E-state index in [-0.39, 0.29) is 18.4 Å². The molecule has 2 N–H and O–H groups in total. The van der Waals surface area contributed by atoms with Gasteiger partial charge in [0.2, 0.25) is 5.91 Å². The molecule has 2 aromatic rings. The minimum atomic E-state index is -0.217. The van der Waals surface area contributed by atoms with Crippen molar-refractivity contribution in [2.45, 2.75) is 13.5 Å². The van der Waals surface area contributed by atoms with Crippen LogP contribution in [-0.2, 0) is 16.1 Å². The molecule has 0 fully saturated rings. The summed E-state index contributed by atoms with van der Waals surface area (Å²) in [6.45, 7) is 2.63. The molecule has 2 aromatic carbocycles. The van der Waals surface area contributed by atoms with E-state index in [2.05, 4.69) is 10.6 Å². The van der Waals surface area contributed by atoms with E-state index in [1.165, 1.54) is 13.2 Å². The lowest BCUT2D eigenvalue weighted by molar-refractivity contribution is -0.123. The van der Waals surface area contributed by atoms with Gasteiger partial charge in [0.15, 0.2) is 18.1 Å². The van der Waals surface area contributed by atoms with Gasteiger partial charge in [0.1, 0.15) is 0 Å². The molecule has 0 unspecified atom stereocenters. The maximum Gasteiger partial charge on any atom is 0.257 e. The fourth-order valence-electron chi connectivity index (χ4n) is 2.33. The van der Waals surface area contributed by atoms with E-state index in [1.807, 2.05) is 19.1 Å². The summed E-state index contributed by atoms with van der Waals surface area (Å²) in [5.74, 6) is 0.540. The Hall–Kier alpha value is -2.99. The van der Waals surface area contributed by atoms with Gasteiger partial charge in [0.05, 0.1) is 7.11 Å². The van der Waals surface area contributed by atoms with Gasteiger partial charge in [-0.1, -0.05) is 29.8 Å². The van der Waals surface area contributed by atoms with Crippen LogP contribution in [0.5, 0.6) is 11.5 Å². The third-order valence-corrected chi connectivity index (χ3v) is 3.98. The molecule has 7 heteroatoms. The summed E-state index contributed by atoms with van der Waals surface area (Å²) in [6.07, 6.45) is 3.18. The average molecular weight is 403 g/mol. The molecular weight excluding hydrogens is 380 g/mol. The Morgan fingerprint density at radius 3 is 2.50 bits per heavy atom. The number of carbonyl (C=O) groups excluding carboxylic acids is 2. The molecule has 0 bridgehead atoms. The van der Waals surface area contributed by atoms with Crippen LogP contribution in [-0.4, -0.2) is 32.1 Å². The van der Waals surface area contributed by atoms with Crippen LogP contribution in [0.4, 0.5) is 0 Å². The highest BCUT2D eigenvalue weighted by Crippen LogP contribution is 2.28. The smallest absolute Gasteiger partial charge is 0.257 e. The Kier molecular flexibility index (Phi) is 8.37. The van der Waals surface area contributed by atoms with Gasteiger partial charge < -0.3 is 20.1 Å². The number of amides is 2. The van der Waals surface area contributed by atoms with Gasteiger partial charge in [0.25, 0.3) is 5.91 Å². The van der Waals surface area contributed by atoms with Gasteiger partial charge in [-0.2, -0.15) is 0 Å². The molecule has 0 atom stereocenters. The molecule has 0 aliphatic carbocycles. The molecule has 0 saturated carbocycles. The molecule has 0 heterocycles. The molecule has 0 radical (unpaired) electrons. The van der Waals surface area contributed by atoms with E-state index in [1.54, 1.807) is 36.4 Å². The van der Waals surface area contributed by atoms with Gasteiger partial charge in [-0.15, -0.1) is 0 Å². The largest absolute Gasteiger partial charge is 0.493 e. The summed E-state index contributed by atoms with van der Waals surface area (Å²) in [5.41, 5.74) is 1.73. The lowest BCUT2D eigenvalue weighted by atomic mass is 10.2. The maximum absolute atomic E-state index is 12.0. The molecule has 0 aliphatic heterocycles. The number of halogens is 1. The van der Waals surface area contributed by atoms with Gasteiger partial charge in [0, 0.05) is 24.2 Å². The number of ether oxygens (including phenoxy) is 2. The fourth-order valence-corrected chi connectivity index (χ4v) is 2.45. The first kappa shape index (κ1) is 21.3. The summed E-state index contributed by atoms with van der Waals surface area (Å²) in [4.78, 5) is 23.5. The average Bonchev–Trinajstić information content (AvgIpc) is 2.70. The van der Waals surface area contributed by atoms with Crippen molar-refractivity contribution in [2.75, 3.05) is 20.3 Å². The molecule has 2 rings (SSSR count). The van der Waals surface area contributed by atoms with Crippen LogP contribution >= 0.6 is 11.6 Å². The number of methoxy groups -OCH3 is 1. The second kappa shape index (κ2) is 11.0. The first-order chi connectivity index (χ1) is 13.5. The van der Waals surface area contributed by atoms with Crippen molar-refractivity contribution in [3.63, 3.8) is 0 Å². The molecule has 28 heavy (non-hydrogen) atoms. The van der Waals surface area contributed by atoms with E-state index in [0.717, 1.165) is 11.1 Å². The normalized spacial score (nSPS) is 10.5. The number of likely N-dealkylation sites (N-methyl/N-ethyl adjacent to an activating group) is 1. The predicted octanol–water partition coefficient (Wildman–Crippen LogP) is 3.19. The van der Waals surface area contributed by atoms with E-state index < -0.39 is 0 Å². The maximum atomic E-state index is 12.0. The van der Waals surface area contributed by atoms with Crippen LogP contribution in [0.1, 0.15) is 18.1 Å². The second-order valence-electron chi connectivity index (χ2n) is 5.83. The predicted molar refractivity (Wildman–Crippen MR) is 110 cm³/mol. The van der Waals surface area contributed by atoms with E-state index >= 15 is 0 Å². The third kappa shape index (κ3) is 6.96. The van der Waals surface area contributed by atoms with E-state index in [4.69, 9.17) is 21.1 Å². The van der Waals surface area contributed by atoms with Crippen molar-refractivity contribution in [3.8, 4) is 11.5 Å². The van der Waals surface area contributed by atoms with E-state index in [9.17, 15) is 9.59 Å². The Labute approximate surface area is 169 Å². The van der Waals surface area contributed by atoms with Crippen molar-refractivity contribution in [3.05, 3.63) is 64.7 Å². The summed E-state index contributed by atoms with van der Waals surface area (Å²) < 4.78 is 10.8. The zero-order chi connectivity index (χ0) is 20.4. The summed E-state index contributed by atoms with van der Waals surface area (Å²) in [7, 11) is 1.52. The monoisotopic (exact) mass is 402 g/mol. The summed E-state index contributed by atoms with van der Waals surface area (Å²) >= 11 is 5.83. The van der Waals surface area contributed by atoms with Gasteiger partial charge >= 0.3 is 0 Å².